The summed E-state index contributed by atoms with van der Waals surface area (Å²) >= 11 is 0. The van der Waals surface area contributed by atoms with Gasteiger partial charge in [0.25, 0.3) is 10.1 Å². The molecule has 0 rings (SSSR count). The van der Waals surface area contributed by atoms with E-state index in [0.29, 0.717) is 0 Å². The quantitative estimate of drug-likeness (QED) is 0.333. The standard InChI is InChI=1S/C16H34O3S/c1-4-5-6-7-8-9-10-11-12-13-14-15-20(17,18)19-16(2)3/h16H,4-15H2,1-3H3. The number of hydrogen-bond donors (Lipinski definition) is 0. The number of rotatable bonds is 14. The molecule has 3 nitrogen and oxygen atoms in total. The molecule has 0 spiro atoms. The van der Waals surface area contributed by atoms with E-state index in [-0.39, 0.29) is 11.9 Å². The van der Waals surface area contributed by atoms with Crippen molar-refractivity contribution in [1.29, 1.82) is 0 Å². The van der Waals surface area contributed by atoms with Crippen LogP contribution in [0.25, 0.3) is 0 Å². The van der Waals surface area contributed by atoms with Crippen molar-refractivity contribution in [3.63, 3.8) is 0 Å². The minimum Gasteiger partial charge on any atom is -0.267 e. The van der Waals surface area contributed by atoms with E-state index in [2.05, 4.69) is 6.92 Å². The van der Waals surface area contributed by atoms with Crippen LogP contribution >= 0.6 is 0 Å². The van der Waals surface area contributed by atoms with E-state index in [1.807, 2.05) is 0 Å². The minimum atomic E-state index is -3.29. The molecule has 0 aliphatic heterocycles. The molecule has 0 saturated heterocycles. The van der Waals surface area contributed by atoms with Gasteiger partial charge in [0.05, 0.1) is 11.9 Å². The maximum atomic E-state index is 11.5. The fraction of sp³-hybridized carbons (Fsp3) is 1.00. The fourth-order valence-electron chi connectivity index (χ4n) is 2.28. The first-order chi connectivity index (χ1) is 9.48. The topological polar surface area (TPSA) is 43.4 Å². The van der Waals surface area contributed by atoms with Gasteiger partial charge in [-0.25, -0.2) is 0 Å². The summed E-state index contributed by atoms with van der Waals surface area (Å²) in [6, 6.07) is 0. The summed E-state index contributed by atoms with van der Waals surface area (Å²) < 4.78 is 27.9. The lowest BCUT2D eigenvalue weighted by molar-refractivity contribution is 0.248. The second kappa shape index (κ2) is 12.6. The van der Waals surface area contributed by atoms with Gasteiger partial charge in [-0.05, 0) is 20.3 Å². The summed E-state index contributed by atoms with van der Waals surface area (Å²) in [6.45, 7) is 5.74. The maximum absolute atomic E-state index is 11.5. The molecule has 0 aromatic heterocycles. The Kier molecular flexibility index (Phi) is 12.6. The Labute approximate surface area is 126 Å². The molecule has 122 valence electrons. The van der Waals surface area contributed by atoms with Gasteiger partial charge >= 0.3 is 0 Å². The highest BCUT2D eigenvalue weighted by atomic mass is 32.2. The first-order valence-electron chi connectivity index (χ1n) is 8.39. The smallest absolute Gasteiger partial charge is 0.267 e. The SMILES string of the molecule is CCCCCCCCCCCCCS(=O)(=O)OC(C)C. The van der Waals surface area contributed by atoms with Gasteiger partial charge in [0.1, 0.15) is 0 Å². The van der Waals surface area contributed by atoms with Crippen LogP contribution in [0.3, 0.4) is 0 Å². The van der Waals surface area contributed by atoms with Crippen molar-refractivity contribution in [2.24, 2.45) is 0 Å². The predicted octanol–water partition coefficient (Wildman–Crippen LogP) is 5.05. The van der Waals surface area contributed by atoms with Crippen molar-refractivity contribution in [1.82, 2.24) is 0 Å². The third-order valence-electron chi connectivity index (χ3n) is 3.34. The summed E-state index contributed by atoms with van der Waals surface area (Å²) in [6.07, 6.45) is 13.3. The molecule has 0 radical (unpaired) electrons. The zero-order chi connectivity index (χ0) is 15.3. The lowest BCUT2D eigenvalue weighted by atomic mass is 10.1. The molecule has 0 amide bonds. The van der Waals surface area contributed by atoms with Crippen molar-refractivity contribution in [2.75, 3.05) is 5.75 Å². The van der Waals surface area contributed by atoms with Gasteiger partial charge in [-0.1, -0.05) is 71.1 Å². The molecule has 0 aliphatic rings. The lowest BCUT2D eigenvalue weighted by Crippen LogP contribution is -2.15. The van der Waals surface area contributed by atoms with Crippen LogP contribution in [0.5, 0.6) is 0 Å². The van der Waals surface area contributed by atoms with Crippen molar-refractivity contribution in [2.45, 2.75) is 97.5 Å². The normalized spacial score (nSPS) is 12.2. The average molecular weight is 307 g/mol. The van der Waals surface area contributed by atoms with E-state index in [0.717, 1.165) is 19.3 Å². The van der Waals surface area contributed by atoms with Crippen LogP contribution < -0.4 is 0 Å². The Balaban J connectivity index is 3.28. The van der Waals surface area contributed by atoms with Crippen molar-refractivity contribution >= 4 is 10.1 Å². The highest BCUT2D eigenvalue weighted by Gasteiger charge is 2.12. The van der Waals surface area contributed by atoms with E-state index >= 15 is 0 Å². The first kappa shape index (κ1) is 19.9. The molecular formula is C16H34O3S. The Morgan fingerprint density at radius 1 is 0.750 bits per heavy atom. The van der Waals surface area contributed by atoms with Crippen LogP contribution in [0.2, 0.25) is 0 Å². The highest BCUT2D eigenvalue weighted by Crippen LogP contribution is 2.12. The van der Waals surface area contributed by atoms with Crippen LogP contribution in [0.4, 0.5) is 0 Å². The van der Waals surface area contributed by atoms with E-state index in [1.54, 1.807) is 13.8 Å². The first-order valence-corrected chi connectivity index (χ1v) is 9.96. The molecule has 0 saturated carbocycles. The van der Waals surface area contributed by atoms with Gasteiger partial charge < -0.3 is 0 Å². The van der Waals surface area contributed by atoms with Crippen LogP contribution in [-0.4, -0.2) is 20.3 Å². The molecule has 0 heterocycles. The monoisotopic (exact) mass is 306 g/mol. The van der Waals surface area contributed by atoms with Crippen molar-refractivity contribution in [3.8, 4) is 0 Å². The molecule has 0 aliphatic carbocycles. The zero-order valence-electron chi connectivity index (χ0n) is 13.7. The Morgan fingerprint density at radius 3 is 1.55 bits per heavy atom. The van der Waals surface area contributed by atoms with Gasteiger partial charge in [-0.15, -0.1) is 0 Å². The Morgan fingerprint density at radius 2 is 1.15 bits per heavy atom. The van der Waals surface area contributed by atoms with E-state index in [1.165, 1.54) is 51.4 Å². The van der Waals surface area contributed by atoms with Crippen LogP contribution in [0, 0.1) is 0 Å². The van der Waals surface area contributed by atoms with Gasteiger partial charge in [-0.3, -0.25) is 4.18 Å². The zero-order valence-corrected chi connectivity index (χ0v) is 14.5. The summed E-state index contributed by atoms with van der Waals surface area (Å²) in [5, 5.41) is 0. The van der Waals surface area contributed by atoms with E-state index in [9.17, 15) is 8.42 Å². The van der Waals surface area contributed by atoms with E-state index < -0.39 is 10.1 Å². The van der Waals surface area contributed by atoms with Gasteiger partial charge in [0.2, 0.25) is 0 Å². The average Bonchev–Trinajstić information content (AvgIpc) is 2.34. The number of unbranched alkanes of at least 4 members (excludes halogenated alkanes) is 10. The summed E-state index contributed by atoms with van der Waals surface area (Å²) in [5.41, 5.74) is 0. The predicted molar refractivity (Wildman–Crippen MR) is 86.5 cm³/mol. The molecule has 0 bridgehead atoms. The van der Waals surface area contributed by atoms with Crippen LogP contribution in [0.15, 0.2) is 0 Å². The van der Waals surface area contributed by atoms with Crippen molar-refractivity contribution < 1.29 is 12.6 Å². The summed E-state index contributed by atoms with van der Waals surface area (Å²) in [7, 11) is -3.29. The molecular weight excluding hydrogens is 272 g/mol. The molecule has 20 heavy (non-hydrogen) atoms. The molecule has 0 unspecified atom stereocenters. The lowest BCUT2D eigenvalue weighted by Gasteiger charge is -2.08. The second-order valence-corrected chi connectivity index (χ2v) is 7.66. The van der Waals surface area contributed by atoms with Gasteiger partial charge in [0, 0.05) is 0 Å². The highest BCUT2D eigenvalue weighted by molar-refractivity contribution is 7.86. The maximum Gasteiger partial charge on any atom is 0.267 e. The summed E-state index contributed by atoms with van der Waals surface area (Å²) in [4.78, 5) is 0. The molecule has 0 aromatic rings. The van der Waals surface area contributed by atoms with Crippen LogP contribution in [-0.2, 0) is 14.3 Å². The van der Waals surface area contributed by atoms with E-state index in [4.69, 9.17) is 4.18 Å². The largest absolute Gasteiger partial charge is 0.267 e. The molecule has 0 atom stereocenters. The molecule has 4 heteroatoms. The summed E-state index contributed by atoms with van der Waals surface area (Å²) in [5.74, 6) is 0.169. The minimum absolute atomic E-state index is 0.169. The molecule has 0 N–H and O–H groups in total. The van der Waals surface area contributed by atoms with Crippen LogP contribution in [0.1, 0.15) is 91.4 Å². The van der Waals surface area contributed by atoms with Gasteiger partial charge in [0.15, 0.2) is 0 Å². The Bertz CT molecular complexity index is 297. The second-order valence-electron chi connectivity index (χ2n) is 5.94. The fourth-order valence-corrected chi connectivity index (χ4v) is 3.52. The molecule has 0 aromatic carbocycles. The van der Waals surface area contributed by atoms with Gasteiger partial charge in [-0.2, -0.15) is 8.42 Å². The number of hydrogen-bond acceptors (Lipinski definition) is 3. The third kappa shape index (κ3) is 14.3. The third-order valence-corrected chi connectivity index (χ3v) is 4.80. The molecule has 0 fully saturated rings. The van der Waals surface area contributed by atoms with Crippen molar-refractivity contribution in [3.05, 3.63) is 0 Å². The Hall–Kier alpha value is -0.0900.